The Balaban J connectivity index is 2.03. The first-order chi connectivity index (χ1) is 21.7. The lowest BCUT2D eigenvalue weighted by Gasteiger charge is -2.26. The molecule has 0 heterocycles. The van der Waals surface area contributed by atoms with E-state index in [0.717, 1.165) is 5.56 Å². The van der Waals surface area contributed by atoms with Crippen molar-refractivity contribution in [3.05, 3.63) is 35.9 Å². The monoisotopic (exact) mass is 654 g/mol. The molecule has 0 aromatic heterocycles. The van der Waals surface area contributed by atoms with Gasteiger partial charge in [0.1, 0.15) is 17.8 Å². The van der Waals surface area contributed by atoms with Gasteiger partial charge in [-0.2, -0.15) is 0 Å². The molecule has 1 N–H and O–H groups in total. The molecule has 0 bridgehead atoms. The molecule has 0 saturated heterocycles. The van der Waals surface area contributed by atoms with Crippen molar-refractivity contribution in [3.8, 4) is 0 Å². The van der Waals surface area contributed by atoms with Crippen LogP contribution in [0, 0.1) is 0 Å². The molecule has 1 rings (SSSR count). The SMILES string of the molecule is CC(C)(C)OC(=O)CN(CC(=O)NCCCOCCOCCOCCOCCC(=O)OCc1ccccc1)CC(=O)OC(C)(C)C. The van der Waals surface area contributed by atoms with Crippen LogP contribution in [-0.2, 0) is 58.9 Å². The number of nitrogens with zero attached hydrogens (tertiary/aromatic N) is 1. The summed E-state index contributed by atoms with van der Waals surface area (Å²) in [4.78, 5) is 50.2. The minimum Gasteiger partial charge on any atom is -0.461 e. The largest absolute Gasteiger partial charge is 0.461 e. The fourth-order valence-corrected chi connectivity index (χ4v) is 3.67. The Bertz CT molecular complexity index is 977. The van der Waals surface area contributed by atoms with Crippen molar-refractivity contribution in [1.82, 2.24) is 10.2 Å². The predicted octanol–water partition coefficient (Wildman–Crippen LogP) is 2.68. The quantitative estimate of drug-likeness (QED) is 0.0993. The second kappa shape index (κ2) is 23.3. The molecule has 0 aliphatic heterocycles. The minimum absolute atomic E-state index is 0.162. The molecule has 1 amide bonds. The Morgan fingerprint density at radius 3 is 1.61 bits per heavy atom. The summed E-state index contributed by atoms with van der Waals surface area (Å²) in [6.45, 7) is 13.6. The number of carbonyl (C=O) groups is 4. The van der Waals surface area contributed by atoms with Gasteiger partial charge >= 0.3 is 17.9 Å². The van der Waals surface area contributed by atoms with Crippen molar-refractivity contribution in [2.24, 2.45) is 0 Å². The number of esters is 3. The summed E-state index contributed by atoms with van der Waals surface area (Å²) in [5.74, 6) is -1.71. The number of rotatable bonds is 24. The lowest BCUT2D eigenvalue weighted by Crippen LogP contribution is -2.45. The fourth-order valence-electron chi connectivity index (χ4n) is 3.67. The highest BCUT2D eigenvalue weighted by Gasteiger charge is 2.24. The summed E-state index contributed by atoms with van der Waals surface area (Å²) in [5.41, 5.74) is -0.428. The van der Waals surface area contributed by atoms with Gasteiger partial charge in [-0.15, -0.1) is 0 Å². The number of benzene rings is 1. The van der Waals surface area contributed by atoms with Crippen molar-refractivity contribution in [1.29, 1.82) is 0 Å². The maximum atomic E-state index is 12.5. The summed E-state index contributed by atoms with van der Waals surface area (Å²) in [7, 11) is 0. The van der Waals surface area contributed by atoms with E-state index >= 15 is 0 Å². The van der Waals surface area contributed by atoms with Gasteiger partial charge in [0.2, 0.25) is 5.91 Å². The van der Waals surface area contributed by atoms with Gasteiger partial charge in [0.25, 0.3) is 0 Å². The van der Waals surface area contributed by atoms with E-state index in [1.54, 1.807) is 41.5 Å². The van der Waals surface area contributed by atoms with Gasteiger partial charge in [0, 0.05) is 13.2 Å². The highest BCUT2D eigenvalue weighted by Crippen LogP contribution is 2.10. The molecular weight excluding hydrogens is 600 g/mol. The van der Waals surface area contributed by atoms with Crippen molar-refractivity contribution in [2.75, 3.05) is 79.0 Å². The van der Waals surface area contributed by atoms with Crippen LogP contribution in [0.15, 0.2) is 30.3 Å². The molecule has 13 nitrogen and oxygen atoms in total. The second-order valence-corrected chi connectivity index (χ2v) is 12.4. The van der Waals surface area contributed by atoms with Crippen LogP contribution in [0.4, 0.5) is 0 Å². The van der Waals surface area contributed by atoms with Crippen molar-refractivity contribution >= 4 is 23.8 Å². The number of hydrogen-bond acceptors (Lipinski definition) is 12. The van der Waals surface area contributed by atoms with E-state index in [0.29, 0.717) is 59.2 Å². The number of hydrogen-bond donors (Lipinski definition) is 1. The molecule has 0 spiro atoms. The van der Waals surface area contributed by atoms with Gasteiger partial charge in [-0.1, -0.05) is 30.3 Å². The third-order valence-corrected chi connectivity index (χ3v) is 5.51. The third kappa shape index (κ3) is 25.1. The average Bonchev–Trinajstić information content (AvgIpc) is 2.94. The van der Waals surface area contributed by atoms with Crippen molar-refractivity contribution in [3.63, 3.8) is 0 Å². The second-order valence-electron chi connectivity index (χ2n) is 12.4. The van der Waals surface area contributed by atoms with Gasteiger partial charge in [-0.25, -0.2) is 0 Å². The lowest BCUT2D eigenvalue weighted by atomic mass is 10.2. The Labute approximate surface area is 273 Å². The first kappa shape index (κ1) is 40.9. The van der Waals surface area contributed by atoms with Crippen LogP contribution >= 0.6 is 0 Å². The molecule has 1 aromatic rings. The zero-order chi connectivity index (χ0) is 34.3. The average molecular weight is 655 g/mol. The number of ether oxygens (including phenoxy) is 7. The number of amides is 1. The predicted molar refractivity (Wildman–Crippen MR) is 170 cm³/mol. The zero-order valence-corrected chi connectivity index (χ0v) is 28.4. The molecule has 0 saturated carbocycles. The third-order valence-electron chi connectivity index (χ3n) is 5.51. The van der Waals surface area contributed by atoms with Gasteiger partial charge in [-0.3, -0.25) is 24.1 Å². The van der Waals surface area contributed by atoms with E-state index in [9.17, 15) is 19.2 Å². The molecule has 262 valence electrons. The molecule has 0 radical (unpaired) electrons. The Morgan fingerprint density at radius 2 is 1.11 bits per heavy atom. The maximum Gasteiger partial charge on any atom is 0.320 e. The normalized spacial score (nSPS) is 11.7. The van der Waals surface area contributed by atoms with E-state index in [1.807, 2.05) is 30.3 Å². The molecule has 0 unspecified atom stereocenters. The van der Waals surface area contributed by atoms with E-state index in [-0.39, 0.29) is 51.1 Å². The summed E-state index contributed by atoms with van der Waals surface area (Å²) in [6.07, 6.45) is 0.768. The Morgan fingerprint density at radius 1 is 0.630 bits per heavy atom. The summed E-state index contributed by atoms with van der Waals surface area (Å²) >= 11 is 0. The van der Waals surface area contributed by atoms with Crippen LogP contribution in [0.2, 0.25) is 0 Å². The summed E-state index contributed by atoms with van der Waals surface area (Å²) < 4.78 is 37.7. The lowest BCUT2D eigenvalue weighted by molar-refractivity contribution is -0.160. The van der Waals surface area contributed by atoms with Gasteiger partial charge in [0.15, 0.2) is 0 Å². The van der Waals surface area contributed by atoms with Crippen LogP contribution in [0.5, 0.6) is 0 Å². The van der Waals surface area contributed by atoms with E-state index in [2.05, 4.69) is 5.32 Å². The number of carbonyl (C=O) groups excluding carboxylic acids is 4. The van der Waals surface area contributed by atoms with E-state index in [4.69, 9.17) is 33.2 Å². The van der Waals surface area contributed by atoms with Crippen molar-refractivity contribution in [2.45, 2.75) is 72.2 Å². The fraction of sp³-hybridized carbons (Fsp3) is 0.697. The minimum atomic E-state index is -0.685. The van der Waals surface area contributed by atoms with Crippen LogP contribution < -0.4 is 5.32 Å². The molecule has 1 aromatic carbocycles. The molecule has 46 heavy (non-hydrogen) atoms. The summed E-state index contributed by atoms with van der Waals surface area (Å²) in [5, 5.41) is 2.77. The topological polar surface area (TPSA) is 148 Å². The zero-order valence-electron chi connectivity index (χ0n) is 28.4. The maximum absolute atomic E-state index is 12.5. The molecular formula is C33H54N2O11. The van der Waals surface area contributed by atoms with Gasteiger partial charge in [-0.05, 0) is 53.5 Å². The smallest absolute Gasteiger partial charge is 0.320 e. The number of nitrogens with one attached hydrogen (secondary N) is 1. The van der Waals surface area contributed by atoms with E-state index in [1.165, 1.54) is 4.90 Å². The molecule has 0 aliphatic rings. The summed E-state index contributed by atoms with van der Waals surface area (Å²) in [6, 6.07) is 9.49. The Hall–Kier alpha value is -3.10. The Kier molecular flexibility index (Phi) is 20.7. The van der Waals surface area contributed by atoms with Crippen molar-refractivity contribution < 1.29 is 52.3 Å². The molecule has 0 fully saturated rings. The highest BCUT2D eigenvalue weighted by atomic mass is 16.6. The molecule has 13 heteroatoms. The first-order valence-corrected chi connectivity index (χ1v) is 15.7. The van der Waals surface area contributed by atoms with Crippen LogP contribution in [-0.4, -0.2) is 119 Å². The molecule has 0 aliphatic carbocycles. The van der Waals surface area contributed by atoms with Gasteiger partial charge in [0.05, 0.1) is 72.3 Å². The van der Waals surface area contributed by atoms with Gasteiger partial charge < -0.3 is 38.5 Å². The van der Waals surface area contributed by atoms with E-state index < -0.39 is 23.1 Å². The van der Waals surface area contributed by atoms with Crippen LogP contribution in [0.25, 0.3) is 0 Å². The highest BCUT2D eigenvalue weighted by molar-refractivity contribution is 5.81. The van der Waals surface area contributed by atoms with Crippen LogP contribution in [0.3, 0.4) is 0 Å². The first-order valence-electron chi connectivity index (χ1n) is 15.7. The van der Waals surface area contributed by atoms with Crippen LogP contribution in [0.1, 0.15) is 59.9 Å². The molecule has 0 atom stereocenters. The standard InChI is InChI=1S/C33H54N2O11/c1-32(2,3)45-30(38)24-35(25-31(39)46-33(4,5)6)23-28(36)34-14-10-15-40-17-19-42-21-22-43-20-18-41-16-13-29(37)44-26-27-11-8-7-9-12-27/h7-9,11-12H,10,13-26H2,1-6H3,(H,34,36).